The van der Waals surface area contributed by atoms with Crippen molar-refractivity contribution >= 4 is 23.4 Å². The summed E-state index contributed by atoms with van der Waals surface area (Å²) >= 11 is 0. The molecule has 3 N–H and O–H groups in total. The van der Waals surface area contributed by atoms with E-state index in [0.717, 1.165) is 17.0 Å². The van der Waals surface area contributed by atoms with Gasteiger partial charge in [-0.2, -0.15) is 0 Å². The maximum atomic E-state index is 13.4. The molecule has 3 rings (SSSR count). The molecule has 0 aliphatic carbocycles. The molecule has 3 amide bonds. The standard InChI is InChI=1S/C13H12FN3O3/c14-6-3-7-8(9(15)4-6)5-17(13(7)20)10-1-2-11(18)16-12(10)19/h3-4,10H,1-2,5,15H2,(H,16,18,19)/i2D2,10D. The van der Waals surface area contributed by atoms with Crippen LogP contribution in [0.25, 0.3) is 0 Å². The normalized spacial score (nSPS) is 30.4. The van der Waals surface area contributed by atoms with Gasteiger partial charge in [-0.1, -0.05) is 0 Å². The molecule has 20 heavy (non-hydrogen) atoms. The predicted molar refractivity (Wildman–Crippen MR) is 66.9 cm³/mol. The van der Waals surface area contributed by atoms with Crippen LogP contribution in [0.2, 0.25) is 0 Å². The third kappa shape index (κ3) is 1.82. The number of nitrogens with zero attached hydrogens (tertiary/aromatic N) is 1. The Balaban J connectivity index is 2.03. The van der Waals surface area contributed by atoms with Crippen molar-refractivity contribution in [3.8, 4) is 0 Å². The highest BCUT2D eigenvalue weighted by Crippen LogP contribution is 2.31. The average molecular weight is 280 g/mol. The van der Waals surface area contributed by atoms with Crippen molar-refractivity contribution in [2.24, 2.45) is 0 Å². The zero-order valence-corrected chi connectivity index (χ0v) is 10.2. The zero-order chi connectivity index (χ0) is 17.2. The van der Waals surface area contributed by atoms with Crippen molar-refractivity contribution in [2.75, 3.05) is 5.73 Å². The summed E-state index contributed by atoms with van der Waals surface area (Å²) in [5.74, 6) is -3.78. The predicted octanol–water partition coefficient (Wildman–Crippen LogP) is 0.169. The monoisotopic (exact) mass is 280 g/mol. The van der Waals surface area contributed by atoms with E-state index in [1.165, 1.54) is 0 Å². The van der Waals surface area contributed by atoms with Gasteiger partial charge in [0.15, 0.2) is 0 Å². The van der Waals surface area contributed by atoms with E-state index in [1.54, 1.807) is 5.32 Å². The van der Waals surface area contributed by atoms with E-state index in [0.29, 0.717) is 0 Å². The maximum absolute atomic E-state index is 13.4. The van der Waals surface area contributed by atoms with E-state index in [9.17, 15) is 18.8 Å². The summed E-state index contributed by atoms with van der Waals surface area (Å²) in [6, 6.07) is -0.343. The molecule has 1 aromatic rings. The first-order valence-electron chi connectivity index (χ1n) is 7.32. The van der Waals surface area contributed by atoms with Crippen LogP contribution in [-0.2, 0) is 16.1 Å². The molecule has 6 nitrogen and oxygen atoms in total. The van der Waals surface area contributed by atoms with Gasteiger partial charge in [-0.05, 0) is 18.6 Å². The molecule has 7 heteroatoms. The smallest absolute Gasteiger partial charge is 0.255 e. The van der Waals surface area contributed by atoms with Gasteiger partial charge in [0.2, 0.25) is 11.8 Å². The fraction of sp³-hybridized carbons (Fsp3) is 0.308. The Labute approximate surface area is 117 Å². The first kappa shape index (κ1) is 9.46. The van der Waals surface area contributed by atoms with E-state index in [-0.39, 0.29) is 23.4 Å². The number of carbonyl (C=O) groups excluding carboxylic acids is 3. The molecule has 2 aliphatic heterocycles. The van der Waals surface area contributed by atoms with Gasteiger partial charge in [-0.15, -0.1) is 0 Å². The summed E-state index contributed by atoms with van der Waals surface area (Å²) in [6.45, 7) is -0.235. The van der Waals surface area contributed by atoms with E-state index >= 15 is 0 Å². The van der Waals surface area contributed by atoms with Gasteiger partial charge in [0, 0.05) is 32.5 Å². The van der Waals surface area contributed by atoms with Crippen molar-refractivity contribution in [1.29, 1.82) is 0 Å². The summed E-state index contributed by atoms with van der Waals surface area (Å²) in [5.41, 5.74) is 5.88. The van der Waals surface area contributed by atoms with E-state index in [4.69, 9.17) is 9.85 Å². The number of nitrogen functional groups attached to an aromatic ring is 1. The number of amides is 3. The number of rotatable bonds is 1. The number of benzene rings is 1. The Kier molecular flexibility index (Phi) is 2.03. The molecule has 2 aliphatic rings. The van der Waals surface area contributed by atoms with Crippen LogP contribution in [0.3, 0.4) is 0 Å². The highest BCUT2D eigenvalue weighted by atomic mass is 19.1. The Bertz CT molecular complexity index is 770. The largest absolute Gasteiger partial charge is 0.398 e. The van der Waals surface area contributed by atoms with Crippen LogP contribution in [0.1, 0.15) is 32.8 Å². The Hall–Kier alpha value is -2.44. The second-order valence-corrected chi connectivity index (χ2v) is 4.50. The summed E-state index contributed by atoms with van der Waals surface area (Å²) in [6.07, 6.45) is -3.30. The van der Waals surface area contributed by atoms with Crippen LogP contribution in [0, 0.1) is 5.82 Å². The molecule has 1 aromatic carbocycles. The zero-order valence-electron chi connectivity index (χ0n) is 13.2. The van der Waals surface area contributed by atoms with Crippen molar-refractivity contribution in [3.05, 3.63) is 29.1 Å². The van der Waals surface area contributed by atoms with Crippen molar-refractivity contribution in [3.63, 3.8) is 0 Å². The SMILES string of the molecule is [2H]C1([2H])CC([2H])(N2Cc3c(N)cc(F)cc3C2=O)C(=O)NC1=O. The number of halogens is 1. The molecule has 0 spiro atoms. The number of fused-ring (bicyclic) bond motifs is 1. The fourth-order valence-electron chi connectivity index (χ4n) is 2.30. The lowest BCUT2D eigenvalue weighted by Gasteiger charge is -2.29. The number of piperidine rings is 1. The molecule has 0 saturated carbocycles. The van der Waals surface area contributed by atoms with Crippen molar-refractivity contribution < 1.29 is 22.9 Å². The highest BCUT2D eigenvalue weighted by Gasteiger charge is 2.39. The quantitative estimate of drug-likeness (QED) is 0.566. The number of nitrogens with one attached hydrogen (secondary N) is 1. The Morgan fingerprint density at radius 3 is 2.95 bits per heavy atom. The van der Waals surface area contributed by atoms with Gasteiger partial charge in [0.05, 0.1) is 1.37 Å². The number of nitrogens with two attached hydrogens (primary N) is 1. The molecule has 1 atom stereocenters. The van der Waals surface area contributed by atoms with Crippen LogP contribution >= 0.6 is 0 Å². The van der Waals surface area contributed by atoms with Crippen molar-refractivity contribution in [1.82, 2.24) is 10.2 Å². The lowest BCUT2D eigenvalue weighted by molar-refractivity contribution is -0.136. The molecule has 104 valence electrons. The average Bonchev–Trinajstić information content (AvgIpc) is 2.75. The summed E-state index contributed by atoms with van der Waals surface area (Å²) in [7, 11) is 0. The first-order chi connectivity index (χ1) is 10.6. The number of hydrogen-bond acceptors (Lipinski definition) is 4. The fourth-order valence-corrected chi connectivity index (χ4v) is 2.30. The Morgan fingerprint density at radius 1 is 1.45 bits per heavy atom. The van der Waals surface area contributed by atoms with Gasteiger partial charge in [0.25, 0.3) is 5.91 Å². The minimum atomic E-state index is -2.48. The van der Waals surface area contributed by atoms with Crippen LogP contribution in [0.4, 0.5) is 10.1 Å². The molecule has 0 aromatic heterocycles. The third-order valence-corrected chi connectivity index (χ3v) is 3.27. The minimum absolute atomic E-state index is 0.00903. The minimum Gasteiger partial charge on any atom is -0.398 e. The van der Waals surface area contributed by atoms with E-state index in [1.807, 2.05) is 0 Å². The summed E-state index contributed by atoms with van der Waals surface area (Å²) < 4.78 is 36.9. The summed E-state index contributed by atoms with van der Waals surface area (Å²) in [4.78, 5) is 36.8. The topological polar surface area (TPSA) is 92.5 Å². The Morgan fingerprint density at radius 2 is 2.20 bits per heavy atom. The molecule has 0 bridgehead atoms. The molecular formula is C13H12FN3O3. The second kappa shape index (κ2) is 4.29. The second-order valence-electron chi connectivity index (χ2n) is 4.50. The number of anilines is 1. The van der Waals surface area contributed by atoms with E-state index < -0.39 is 42.4 Å². The van der Waals surface area contributed by atoms with Crippen molar-refractivity contribution in [2.45, 2.75) is 25.4 Å². The van der Waals surface area contributed by atoms with Crippen LogP contribution in [0.15, 0.2) is 12.1 Å². The molecular weight excluding hydrogens is 265 g/mol. The van der Waals surface area contributed by atoms with Gasteiger partial charge in [-0.3, -0.25) is 19.7 Å². The molecule has 2 heterocycles. The molecule has 1 unspecified atom stereocenters. The van der Waals surface area contributed by atoms with Crippen LogP contribution < -0.4 is 11.1 Å². The highest BCUT2D eigenvalue weighted by molar-refractivity contribution is 6.06. The molecule has 1 saturated heterocycles. The van der Waals surface area contributed by atoms with Gasteiger partial charge in [-0.25, -0.2) is 4.39 Å². The number of carbonyl (C=O) groups is 3. The summed E-state index contributed by atoms with van der Waals surface area (Å²) in [5, 5.41) is 1.77. The number of imide groups is 1. The van der Waals surface area contributed by atoms with Crippen LogP contribution in [0.5, 0.6) is 0 Å². The van der Waals surface area contributed by atoms with Crippen LogP contribution in [-0.4, -0.2) is 28.6 Å². The maximum Gasteiger partial charge on any atom is 0.255 e. The third-order valence-electron chi connectivity index (χ3n) is 3.27. The van der Waals surface area contributed by atoms with Gasteiger partial charge in [0.1, 0.15) is 11.8 Å². The number of hydrogen-bond donors (Lipinski definition) is 2. The van der Waals surface area contributed by atoms with Gasteiger partial charge < -0.3 is 10.6 Å². The first-order valence-corrected chi connectivity index (χ1v) is 5.82. The molecule has 1 fully saturated rings. The lowest BCUT2D eigenvalue weighted by atomic mass is 10.0. The molecule has 0 radical (unpaired) electrons. The van der Waals surface area contributed by atoms with E-state index in [2.05, 4.69) is 0 Å². The van der Waals surface area contributed by atoms with Gasteiger partial charge >= 0.3 is 0 Å². The lowest BCUT2D eigenvalue weighted by Crippen LogP contribution is -2.52.